The van der Waals surface area contributed by atoms with Crippen LogP contribution in [0.5, 0.6) is 0 Å². The van der Waals surface area contributed by atoms with Crippen molar-refractivity contribution >= 4 is 32.7 Å². The molecule has 1 heterocycles. The van der Waals surface area contributed by atoms with Crippen molar-refractivity contribution in [2.24, 2.45) is 17.8 Å². The number of carboxylic acids is 1. The Labute approximate surface area is 145 Å². The Hall–Kier alpha value is -1.62. The molecule has 4 aliphatic rings. The molecular weight excluding hydrogens is 320 g/mol. The lowest BCUT2D eigenvalue weighted by Gasteiger charge is -2.57. The highest BCUT2D eigenvalue weighted by Gasteiger charge is 2.52. The van der Waals surface area contributed by atoms with Gasteiger partial charge in [-0.1, -0.05) is 17.4 Å². The summed E-state index contributed by atoms with van der Waals surface area (Å²) in [7, 11) is 0. The van der Waals surface area contributed by atoms with Gasteiger partial charge in [0.25, 0.3) is 0 Å². The number of carbonyl (C=O) groups is 1. The highest BCUT2D eigenvalue weighted by atomic mass is 32.1. The van der Waals surface area contributed by atoms with Crippen LogP contribution in [-0.2, 0) is 16.6 Å². The second-order valence-electron chi connectivity index (χ2n) is 8.31. The average molecular weight is 342 g/mol. The fourth-order valence-electron chi connectivity index (χ4n) is 6.23. The molecule has 126 valence electrons. The van der Waals surface area contributed by atoms with Gasteiger partial charge in [-0.25, -0.2) is 4.98 Å². The lowest BCUT2D eigenvalue weighted by atomic mass is 9.48. The molecule has 3 N–H and O–H groups in total. The Kier molecular flexibility index (Phi) is 3.03. The van der Waals surface area contributed by atoms with Crippen LogP contribution in [0.1, 0.15) is 49.7 Å². The first-order chi connectivity index (χ1) is 11.5. The number of nitrogen functional groups attached to an aromatic ring is 1. The molecule has 0 amide bonds. The maximum atomic E-state index is 11.2. The Morgan fingerprint density at radius 2 is 1.83 bits per heavy atom. The maximum Gasteiger partial charge on any atom is 0.307 e. The van der Waals surface area contributed by atoms with E-state index < -0.39 is 5.97 Å². The van der Waals surface area contributed by atoms with Crippen LogP contribution < -0.4 is 5.73 Å². The van der Waals surface area contributed by atoms with Gasteiger partial charge < -0.3 is 10.8 Å². The monoisotopic (exact) mass is 342 g/mol. The van der Waals surface area contributed by atoms with Gasteiger partial charge in [-0.2, -0.15) is 0 Å². The zero-order chi connectivity index (χ0) is 16.5. The van der Waals surface area contributed by atoms with Gasteiger partial charge in [0.2, 0.25) is 0 Å². The van der Waals surface area contributed by atoms with Crippen LogP contribution >= 0.6 is 11.3 Å². The summed E-state index contributed by atoms with van der Waals surface area (Å²) in [6, 6.07) is 4.12. The minimum absolute atomic E-state index is 0.0765. The van der Waals surface area contributed by atoms with Gasteiger partial charge in [0.15, 0.2) is 5.13 Å². The van der Waals surface area contributed by atoms with E-state index in [4.69, 9.17) is 5.73 Å². The topological polar surface area (TPSA) is 76.2 Å². The minimum atomic E-state index is -0.775. The number of nitrogens with zero attached hydrogens (tertiary/aromatic N) is 1. The van der Waals surface area contributed by atoms with Crippen molar-refractivity contribution in [1.29, 1.82) is 0 Å². The number of hydrogen-bond acceptors (Lipinski definition) is 4. The second kappa shape index (κ2) is 4.94. The van der Waals surface area contributed by atoms with Gasteiger partial charge in [0, 0.05) is 0 Å². The first kappa shape index (κ1) is 14.7. The molecule has 0 aliphatic heterocycles. The SMILES string of the molecule is Nc1nc2c(C34CC5CC(CC(C5)C3)C4)cc(CC(=O)O)cc2s1. The van der Waals surface area contributed by atoms with Crippen molar-refractivity contribution in [2.45, 2.75) is 50.4 Å². The molecule has 6 rings (SSSR count). The summed E-state index contributed by atoms with van der Waals surface area (Å²) < 4.78 is 1.05. The smallest absolute Gasteiger partial charge is 0.307 e. The van der Waals surface area contributed by atoms with Gasteiger partial charge in [-0.15, -0.1) is 0 Å². The largest absolute Gasteiger partial charge is 0.481 e. The average Bonchev–Trinajstić information content (AvgIpc) is 2.84. The zero-order valence-corrected chi connectivity index (χ0v) is 14.4. The fraction of sp³-hybridized carbons (Fsp3) is 0.579. The molecule has 1 aromatic heterocycles. The summed E-state index contributed by atoms with van der Waals surface area (Å²) in [6.07, 6.45) is 8.03. The van der Waals surface area contributed by atoms with Crippen molar-refractivity contribution in [3.63, 3.8) is 0 Å². The third-order valence-corrected chi connectivity index (χ3v) is 7.37. The predicted octanol–water partition coefficient (Wildman–Crippen LogP) is 3.97. The summed E-state index contributed by atoms with van der Waals surface area (Å²) in [5, 5.41) is 9.82. The molecule has 5 heteroatoms. The number of aliphatic carboxylic acids is 1. The first-order valence-electron chi connectivity index (χ1n) is 8.92. The molecule has 0 radical (unpaired) electrons. The number of aromatic nitrogens is 1. The molecule has 4 aliphatic carbocycles. The molecule has 24 heavy (non-hydrogen) atoms. The van der Waals surface area contributed by atoms with E-state index in [9.17, 15) is 9.90 Å². The Morgan fingerprint density at radius 3 is 2.42 bits per heavy atom. The molecule has 0 atom stereocenters. The third kappa shape index (κ3) is 2.17. The zero-order valence-electron chi connectivity index (χ0n) is 13.6. The molecule has 0 spiro atoms. The first-order valence-corrected chi connectivity index (χ1v) is 9.74. The van der Waals surface area contributed by atoms with E-state index in [2.05, 4.69) is 11.1 Å². The van der Waals surface area contributed by atoms with E-state index in [1.54, 1.807) is 0 Å². The van der Waals surface area contributed by atoms with Gasteiger partial charge in [-0.05, 0) is 78.9 Å². The van der Waals surface area contributed by atoms with Gasteiger partial charge >= 0.3 is 5.97 Å². The maximum absolute atomic E-state index is 11.2. The molecule has 2 aromatic rings. The normalized spacial score (nSPS) is 34.1. The van der Waals surface area contributed by atoms with E-state index in [-0.39, 0.29) is 11.8 Å². The van der Waals surface area contributed by atoms with Crippen LogP contribution in [0.3, 0.4) is 0 Å². The summed E-state index contributed by atoms with van der Waals surface area (Å²) in [5.74, 6) is 1.78. The number of rotatable bonds is 3. The van der Waals surface area contributed by atoms with E-state index in [0.717, 1.165) is 33.5 Å². The van der Waals surface area contributed by atoms with Crippen LogP contribution in [0.15, 0.2) is 12.1 Å². The summed E-state index contributed by atoms with van der Waals surface area (Å²) in [6.45, 7) is 0. The highest BCUT2D eigenvalue weighted by Crippen LogP contribution is 2.61. The molecule has 4 saturated carbocycles. The van der Waals surface area contributed by atoms with E-state index in [0.29, 0.717) is 5.13 Å². The lowest BCUT2D eigenvalue weighted by molar-refractivity contribution is -0.136. The number of carboxylic acid groups (broad SMARTS) is 1. The van der Waals surface area contributed by atoms with E-state index in [1.807, 2.05) is 6.07 Å². The van der Waals surface area contributed by atoms with Crippen LogP contribution in [-0.4, -0.2) is 16.1 Å². The summed E-state index contributed by atoms with van der Waals surface area (Å²) in [5.41, 5.74) is 9.43. The third-order valence-electron chi connectivity index (χ3n) is 6.54. The highest BCUT2D eigenvalue weighted by molar-refractivity contribution is 7.22. The number of nitrogens with two attached hydrogens (primary N) is 1. The predicted molar refractivity (Wildman–Crippen MR) is 95.2 cm³/mol. The van der Waals surface area contributed by atoms with Gasteiger partial charge in [0.1, 0.15) is 0 Å². The molecule has 4 bridgehead atoms. The van der Waals surface area contributed by atoms with Crippen LogP contribution in [0, 0.1) is 17.8 Å². The van der Waals surface area contributed by atoms with E-state index >= 15 is 0 Å². The van der Waals surface area contributed by atoms with Gasteiger partial charge in [0.05, 0.1) is 16.6 Å². The summed E-state index contributed by atoms with van der Waals surface area (Å²) in [4.78, 5) is 15.9. The van der Waals surface area contributed by atoms with Crippen molar-refractivity contribution < 1.29 is 9.90 Å². The lowest BCUT2D eigenvalue weighted by Crippen LogP contribution is -2.48. The van der Waals surface area contributed by atoms with Crippen molar-refractivity contribution in [2.75, 3.05) is 5.73 Å². The Bertz CT molecular complexity index is 806. The number of anilines is 1. The molecular formula is C19H22N2O2S. The number of hydrogen-bond donors (Lipinski definition) is 2. The molecule has 1 aromatic carbocycles. The second-order valence-corrected chi connectivity index (χ2v) is 9.37. The number of benzene rings is 1. The Morgan fingerprint density at radius 1 is 1.21 bits per heavy atom. The standard InChI is InChI=1S/C19H22N2O2S/c20-18-21-17-14(4-10(6-16(22)23)5-15(17)24-18)19-7-11-1-12(8-19)3-13(2-11)9-19/h4-5,11-13H,1-3,6-9H2,(H2,20,21)(H,22,23). The Balaban J connectivity index is 1.69. The van der Waals surface area contributed by atoms with Crippen LogP contribution in [0.2, 0.25) is 0 Å². The molecule has 0 saturated heterocycles. The fourth-order valence-corrected chi connectivity index (χ4v) is 7.05. The number of fused-ring (bicyclic) bond motifs is 1. The van der Waals surface area contributed by atoms with Crippen LogP contribution in [0.25, 0.3) is 10.2 Å². The van der Waals surface area contributed by atoms with Crippen molar-refractivity contribution in [1.82, 2.24) is 4.98 Å². The molecule has 4 nitrogen and oxygen atoms in total. The van der Waals surface area contributed by atoms with E-state index in [1.165, 1.54) is 55.4 Å². The summed E-state index contributed by atoms with van der Waals surface area (Å²) >= 11 is 1.49. The minimum Gasteiger partial charge on any atom is -0.481 e. The van der Waals surface area contributed by atoms with Gasteiger partial charge in [-0.3, -0.25) is 4.79 Å². The number of thiazole rings is 1. The molecule has 4 fully saturated rings. The van der Waals surface area contributed by atoms with Crippen LogP contribution in [0.4, 0.5) is 5.13 Å². The quantitative estimate of drug-likeness (QED) is 0.885. The van der Waals surface area contributed by atoms with Crippen molar-refractivity contribution in [3.8, 4) is 0 Å². The molecule has 0 unspecified atom stereocenters. The van der Waals surface area contributed by atoms with Crippen molar-refractivity contribution in [3.05, 3.63) is 23.3 Å².